The number of nitriles is 1. The molecule has 1 unspecified atom stereocenters. The summed E-state index contributed by atoms with van der Waals surface area (Å²) in [6.45, 7) is 1.78. The van der Waals surface area contributed by atoms with Crippen molar-refractivity contribution in [1.29, 1.82) is 5.26 Å². The second-order valence-corrected chi connectivity index (χ2v) is 8.39. The van der Waals surface area contributed by atoms with Crippen molar-refractivity contribution >= 4 is 15.7 Å². The molecule has 5 nitrogen and oxygen atoms in total. The third-order valence-electron chi connectivity index (χ3n) is 4.03. The molecule has 0 fully saturated rings. The number of hydrogen-bond donors (Lipinski definition) is 1. The first-order valence-corrected chi connectivity index (χ1v) is 10.3. The first-order chi connectivity index (χ1) is 12.4. The number of amides is 1. The monoisotopic (exact) mass is 370 g/mol. The summed E-state index contributed by atoms with van der Waals surface area (Å²) in [5.74, 6) is -1.04. The van der Waals surface area contributed by atoms with Crippen LogP contribution in [0.3, 0.4) is 0 Å². The lowest BCUT2D eigenvalue weighted by Crippen LogP contribution is -2.33. The summed E-state index contributed by atoms with van der Waals surface area (Å²) < 4.78 is 24.3. The van der Waals surface area contributed by atoms with Gasteiger partial charge in [-0.15, -0.1) is 0 Å². The van der Waals surface area contributed by atoms with Gasteiger partial charge < -0.3 is 5.32 Å². The van der Waals surface area contributed by atoms with Crippen molar-refractivity contribution in [3.8, 4) is 6.07 Å². The molecule has 136 valence electrons. The Morgan fingerprint density at radius 2 is 1.77 bits per heavy atom. The molecule has 0 bridgehead atoms. The van der Waals surface area contributed by atoms with Gasteiger partial charge in [-0.3, -0.25) is 4.79 Å². The molecule has 26 heavy (non-hydrogen) atoms. The van der Waals surface area contributed by atoms with E-state index in [2.05, 4.69) is 5.32 Å². The highest BCUT2D eigenvalue weighted by atomic mass is 32.2. The van der Waals surface area contributed by atoms with Crippen LogP contribution >= 0.6 is 0 Å². The number of aryl methyl sites for hydroxylation is 1. The fourth-order valence-corrected chi connectivity index (χ4v) is 3.84. The number of carbonyl (C=O) groups is 1. The zero-order valence-electron chi connectivity index (χ0n) is 14.7. The van der Waals surface area contributed by atoms with Gasteiger partial charge in [0.1, 0.15) is 5.75 Å². The average Bonchev–Trinajstić information content (AvgIpc) is 2.62. The molecule has 1 atom stereocenters. The zero-order valence-corrected chi connectivity index (χ0v) is 15.5. The summed E-state index contributed by atoms with van der Waals surface area (Å²) in [6.07, 6.45) is 1.16. The fraction of sp³-hybridized carbons (Fsp3) is 0.300. The predicted molar refractivity (Wildman–Crippen MR) is 101 cm³/mol. The Labute approximate surface area is 154 Å². The van der Waals surface area contributed by atoms with Crippen LogP contribution < -0.4 is 5.32 Å². The van der Waals surface area contributed by atoms with Crippen LogP contribution in [0.15, 0.2) is 54.6 Å². The van der Waals surface area contributed by atoms with E-state index in [0.717, 1.165) is 11.1 Å². The minimum Gasteiger partial charge on any atom is -0.349 e. The molecule has 1 N–H and O–H groups in total. The van der Waals surface area contributed by atoms with Crippen molar-refractivity contribution < 1.29 is 13.2 Å². The molecule has 0 aliphatic heterocycles. The van der Waals surface area contributed by atoms with Crippen LogP contribution in [0.25, 0.3) is 0 Å². The molecule has 6 heteroatoms. The van der Waals surface area contributed by atoms with Crippen LogP contribution in [-0.2, 0) is 21.1 Å². The third-order valence-corrected chi connectivity index (χ3v) is 5.64. The molecule has 2 aromatic carbocycles. The molecule has 0 saturated carbocycles. The van der Waals surface area contributed by atoms with Gasteiger partial charge in [-0.25, -0.2) is 8.42 Å². The van der Waals surface area contributed by atoms with Gasteiger partial charge in [0.05, 0.1) is 23.4 Å². The molecule has 0 aliphatic rings. The quantitative estimate of drug-likeness (QED) is 0.774. The summed E-state index contributed by atoms with van der Waals surface area (Å²) in [7, 11) is -3.44. The van der Waals surface area contributed by atoms with Crippen molar-refractivity contribution in [2.45, 2.75) is 25.8 Å². The van der Waals surface area contributed by atoms with Gasteiger partial charge in [0, 0.05) is 0 Å². The summed E-state index contributed by atoms with van der Waals surface area (Å²) >= 11 is 0. The van der Waals surface area contributed by atoms with E-state index < -0.39 is 21.5 Å². The molecule has 0 aliphatic carbocycles. The van der Waals surface area contributed by atoms with E-state index in [9.17, 15) is 13.2 Å². The van der Waals surface area contributed by atoms with Gasteiger partial charge in [-0.1, -0.05) is 42.5 Å². The summed E-state index contributed by atoms with van der Waals surface area (Å²) in [6, 6.07) is 18.2. The lowest BCUT2D eigenvalue weighted by atomic mass is 10.1. The zero-order chi connectivity index (χ0) is 19.0. The Bertz CT molecular complexity index is 870. The van der Waals surface area contributed by atoms with Crippen LogP contribution in [0.4, 0.5) is 0 Å². The van der Waals surface area contributed by atoms with E-state index in [-0.39, 0.29) is 11.8 Å². The minimum absolute atomic E-state index is 0.0133. The van der Waals surface area contributed by atoms with Crippen molar-refractivity contribution in [2.75, 3.05) is 11.5 Å². The number of hydrogen-bond acceptors (Lipinski definition) is 4. The smallest absolute Gasteiger partial charge is 0.235 e. The van der Waals surface area contributed by atoms with Crippen LogP contribution in [0, 0.1) is 11.3 Å². The Morgan fingerprint density at radius 1 is 1.12 bits per heavy atom. The Morgan fingerprint density at radius 3 is 2.38 bits per heavy atom. The van der Waals surface area contributed by atoms with Crippen molar-refractivity contribution in [3.63, 3.8) is 0 Å². The van der Waals surface area contributed by atoms with Crippen LogP contribution in [0.2, 0.25) is 0 Å². The molecule has 2 rings (SSSR count). The molecule has 0 radical (unpaired) electrons. The SMILES string of the molecule is CC(NC(=O)CS(=O)(=O)CCCc1ccccc1)c1ccc(C#N)cc1. The van der Waals surface area contributed by atoms with E-state index in [1.165, 1.54) is 0 Å². The standard InChI is InChI=1S/C20H22N2O3S/c1-16(19-11-9-18(14-21)10-12-19)22-20(23)15-26(24,25)13-5-8-17-6-3-2-4-7-17/h2-4,6-7,9-12,16H,5,8,13,15H2,1H3,(H,22,23). The lowest BCUT2D eigenvalue weighted by molar-refractivity contribution is -0.119. The molecule has 1 amide bonds. The summed E-state index contributed by atoms with van der Waals surface area (Å²) in [5, 5.41) is 11.5. The highest BCUT2D eigenvalue weighted by Crippen LogP contribution is 2.13. The fourth-order valence-electron chi connectivity index (χ4n) is 2.63. The van der Waals surface area contributed by atoms with Crippen molar-refractivity contribution in [1.82, 2.24) is 5.32 Å². The van der Waals surface area contributed by atoms with Gasteiger partial charge in [0.25, 0.3) is 0 Å². The predicted octanol–water partition coefficient (Wildman–Crippen LogP) is 2.78. The van der Waals surface area contributed by atoms with Crippen LogP contribution in [-0.4, -0.2) is 25.8 Å². The number of benzene rings is 2. The van der Waals surface area contributed by atoms with E-state index in [4.69, 9.17) is 5.26 Å². The van der Waals surface area contributed by atoms with Gasteiger partial charge in [0.15, 0.2) is 9.84 Å². The third kappa shape index (κ3) is 6.34. The number of nitrogens with zero attached hydrogens (tertiary/aromatic N) is 1. The molecule has 0 saturated heterocycles. The maximum absolute atomic E-state index is 12.1. The number of carbonyl (C=O) groups excluding carboxylic acids is 1. The maximum atomic E-state index is 12.1. The van der Waals surface area contributed by atoms with E-state index in [0.29, 0.717) is 18.4 Å². The number of rotatable bonds is 8. The van der Waals surface area contributed by atoms with E-state index >= 15 is 0 Å². The second-order valence-electron chi connectivity index (χ2n) is 6.20. The molecular weight excluding hydrogens is 348 g/mol. The molecule has 0 spiro atoms. The Hall–Kier alpha value is -2.65. The maximum Gasteiger partial charge on any atom is 0.235 e. The van der Waals surface area contributed by atoms with Crippen LogP contribution in [0.5, 0.6) is 0 Å². The van der Waals surface area contributed by atoms with Crippen molar-refractivity contribution in [2.24, 2.45) is 0 Å². The van der Waals surface area contributed by atoms with E-state index in [1.807, 2.05) is 36.4 Å². The summed E-state index contributed by atoms with van der Waals surface area (Å²) in [5.41, 5.74) is 2.44. The Balaban J connectivity index is 1.82. The van der Waals surface area contributed by atoms with Gasteiger partial charge in [-0.2, -0.15) is 5.26 Å². The van der Waals surface area contributed by atoms with E-state index in [1.54, 1.807) is 31.2 Å². The highest BCUT2D eigenvalue weighted by molar-refractivity contribution is 7.92. The first kappa shape index (κ1) is 19.7. The minimum atomic E-state index is -3.44. The van der Waals surface area contributed by atoms with Gasteiger partial charge in [0.2, 0.25) is 5.91 Å². The van der Waals surface area contributed by atoms with Gasteiger partial charge >= 0.3 is 0 Å². The summed E-state index contributed by atoms with van der Waals surface area (Å²) in [4.78, 5) is 12.1. The molecule has 0 heterocycles. The first-order valence-electron chi connectivity index (χ1n) is 8.43. The highest BCUT2D eigenvalue weighted by Gasteiger charge is 2.18. The second kappa shape index (κ2) is 9.16. The normalized spacial score (nSPS) is 12.2. The number of nitrogens with one attached hydrogen (secondary N) is 1. The Kier molecular flexibility index (Phi) is 6.93. The molecule has 0 aromatic heterocycles. The lowest BCUT2D eigenvalue weighted by Gasteiger charge is -2.14. The van der Waals surface area contributed by atoms with Gasteiger partial charge in [-0.05, 0) is 43.0 Å². The topological polar surface area (TPSA) is 87.0 Å². The largest absolute Gasteiger partial charge is 0.349 e. The molecule has 2 aromatic rings. The number of sulfone groups is 1. The average molecular weight is 370 g/mol. The molecular formula is C20H22N2O3S. The van der Waals surface area contributed by atoms with Crippen LogP contribution in [0.1, 0.15) is 36.1 Å². The van der Waals surface area contributed by atoms with Crippen molar-refractivity contribution in [3.05, 3.63) is 71.3 Å².